The smallest absolute Gasteiger partial charge is 0.222 e. The van der Waals surface area contributed by atoms with E-state index in [2.05, 4.69) is 201 Å². The van der Waals surface area contributed by atoms with Gasteiger partial charge in [0.25, 0.3) is 0 Å². The van der Waals surface area contributed by atoms with Gasteiger partial charge in [0.15, 0.2) is 17.5 Å². The molecule has 6 rings (SSSR count). The fraction of sp³-hybridized carbons (Fsp3) is 0.786. The normalized spacial score (nSPS) is 11.9. The van der Waals surface area contributed by atoms with Crippen LogP contribution in [0.4, 0.5) is 0 Å². The van der Waals surface area contributed by atoms with E-state index in [-0.39, 0.29) is 71.4 Å². The average molecular weight is 1660 g/mol. The molecule has 33 nitrogen and oxygen atoms in total. The van der Waals surface area contributed by atoms with Crippen LogP contribution in [-0.4, -0.2) is 170 Å². The van der Waals surface area contributed by atoms with Crippen LogP contribution < -0.4 is 33.6 Å². The molecule has 0 saturated heterocycles. The average Bonchev–Trinajstić information content (AvgIpc) is 1.76. The van der Waals surface area contributed by atoms with Crippen LogP contribution >= 0.6 is 0 Å². The lowest BCUT2D eigenvalue weighted by Crippen LogP contribution is -2.33. The maximum absolute atomic E-state index is 10.8. The van der Waals surface area contributed by atoms with Gasteiger partial charge in [-0.1, -0.05) is 251 Å². The number of amidine groups is 2. The number of nitrogens with two attached hydrogens (primary N) is 4. The van der Waals surface area contributed by atoms with Crippen molar-refractivity contribution in [1.82, 2.24) is 92.4 Å². The molecule has 1 unspecified atom stereocenters. The summed E-state index contributed by atoms with van der Waals surface area (Å²) >= 11 is 0. The number of hydrogen-bond acceptors (Lipinski definition) is 22. The number of rotatable bonds is 22. The molecular weight excluding hydrogens is 1480 g/mol. The summed E-state index contributed by atoms with van der Waals surface area (Å²) in [6.07, 6.45) is 8.19. The van der Waals surface area contributed by atoms with E-state index in [1.807, 2.05) is 198 Å². The van der Waals surface area contributed by atoms with Crippen molar-refractivity contribution >= 4 is 41.0 Å². The minimum absolute atomic E-state index is 0.00926. The van der Waals surface area contributed by atoms with Crippen molar-refractivity contribution in [3.63, 3.8) is 0 Å². The molecule has 1 atom stereocenters. The predicted octanol–water partition coefficient (Wildman–Crippen LogP) is 16.8. The van der Waals surface area contributed by atoms with E-state index < -0.39 is 0 Å². The van der Waals surface area contributed by atoms with E-state index in [0.29, 0.717) is 95.4 Å². The number of hydrogen-bond donors (Lipinski definition) is 13. The maximum Gasteiger partial charge on any atom is 0.222 e. The Morgan fingerprint density at radius 1 is 0.462 bits per heavy atom. The molecule has 1 aliphatic rings. The highest BCUT2D eigenvalue weighted by atomic mass is 16.3. The fourth-order valence-electron chi connectivity index (χ4n) is 6.37. The van der Waals surface area contributed by atoms with Gasteiger partial charge in [0.1, 0.15) is 12.4 Å². The lowest BCUT2D eigenvalue weighted by molar-refractivity contribution is -0.125. The Bertz CT molecular complexity index is 2960. The summed E-state index contributed by atoms with van der Waals surface area (Å²) < 4.78 is 0. The number of aromatic nitrogens is 16. The van der Waals surface area contributed by atoms with Gasteiger partial charge in [-0.05, 0) is 109 Å². The predicted molar refractivity (Wildman–Crippen MR) is 484 cm³/mol. The van der Waals surface area contributed by atoms with Crippen molar-refractivity contribution in [1.29, 1.82) is 0 Å². The molecule has 0 fully saturated rings. The number of tetrazole rings is 3. The van der Waals surface area contributed by atoms with Crippen molar-refractivity contribution in [2.75, 3.05) is 6.54 Å². The van der Waals surface area contributed by atoms with E-state index in [9.17, 15) is 24.3 Å². The molecule has 0 spiro atoms. The van der Waals surface area contributed by atoms with Gasteiger partial charge in [0.2, 0.25) is 23.6 Å². The highest BCUT2D eigenvalue weighted by Gasteiger charge is 2.13. The molecule has 5 aromatic heterocycles. The highest BCUT2D eigenvalue weighted by Crippen LogP contribution is 2.16. The number of nitrogens with zero attached hydrogens (tertiary/aromatic N) is 16. The summed E-state index contributed by atoms with van der Waals surface area (Å²) in [6, 6.07) is 1.18. The van der Waals surface area contributed by atoms with Gasteiger partial charge in [-0.2, -0.15) is 20.8 Å². The lowest BCUT2D eigenvalue weighted by atomic mass is 9.98. The number of allylic oxidation sites excluding steroid dienone is 2. The number of aliphatic hydroxyl groups excluding tert-OH is 2. The van der Waals surface area contributed by atoms with Gasteiger partial charge in [-0.25, -0.2) is 9.97 Å². The molecule has 33 heteroatoms. The first-order chi connectivity index (χ1) is 53.6. The second-order valence-corrected chi connectivity index (χ2v) is 34.4. The van der Waals surface area contributed by atoms with E-state index in [4.69, 9.17) is 28.0 Å². The van der Waals surface area contributed by atoms with Crippen molar-refractivity contribution in [3.05, 3.63) is 65.2 Å². The van der Waals surface area contributed by atoms with Crippen LogP contribution in [0.15, 0.2) is 56.0 Å². The minimum Gasteiger partial charge on any atom is -0.512 e. The summed E-state index contributed by atoms with van der Waals surface area (Å²) in [6.45, 7) is 85.0. The third-order valence-corrected chi connectivity index (χ3v) is 14.3. The Kier molecular flexibility index (Phi) is 77.9. The molecule has 680 valence electrons. The molecule has 17 N–H and O–H groups in total. The molecule has 4 amide bonds. The van der Waals surface area contributed by atoms with Crippen LogP contribution in [0.3, 0.4) is 0 Å². The SMILES string of the molecule is CC(C)/C=C(\O)C(C)C.CC(C)C(N)=O.CC(C)C(N)=O.CC(C)C1=NN=NC1.CC(C)CC(O)C(C)C.CC(C)N=C(N)C(C)C.CC(C)N=C(N)C(C)C.CC(C)NC(=O)C(C)C.CC(C)NC(=O)C(C)C.CC(C)c1cnc(C(C)C)[nH]1.CC(C)c1cnc[nH]1.CC(C)c1nn[nH]n1.CC(C)c1nn[nH]n1.CC(C)c1nn[nH]n1. The van der Waals surface area contributed by atoms with Gasteiger partial charge in [-0.15, -0.1) is 35.7 Å². The first-order valence-electron chi connectivity index (χ1n) is 41.7. The monoisotopic (exact) mass is 1660 g/mol. The fourth-order valence-corrected chi connectivity index (χ4v) is 6.37. The first kappa shape index (κ1) is 124. The van der Waals surface area contributed by atoms with E-state index in [1.165, 1.54) is 11.4 Å². The molecule has 0 radical (unpaired) electrons. The van der Waals surface area contributed by atoms with Crippen molar-refractivity contribution in [2.45, 2.75) is 363 Å². The summed E-state index contributed by atoms with van der Waals surface area (Å²) in [4.78, 5) is 64.4. The summed E-state index contributed by atoms with van der Waals surface area (Å²) in [7, 11) is 0. The van der Waals surface area contributed by atoms with Crippen molar-refractivity contribution in [3.8, 4) is 0 Å². The zero-order chi connectivity index (χ0) is 93.3. The topological polar surface area (TPSA) is 519 Å². The standard InChI is InChI=1S/C9H16N2.C8H18O.C8H16O.2C7H16N2.2C7H15NO.C6H10N2.C5H9N3.3C4H8N4.2C4H9NO/c1-6(2)8-5-10-9(11-8)7(3)4;2*1-6(2)5-8(9)7(3)4;2*1-5(2)7(8)9-6(3)4;2*1-5(2)7(9)8-6(3)4;1-5(2)6-3-7-4-8-6;1-4(2)5-3-6-8-7-5;3*1-3(2)4-5-7-8-6-4;2*1-3(2)4(5)6/h5-7H,1-4H3,(H,10,11);6-9H,5H2,1-4H3;5-7,9H,1-4H3;2*5-6H,1-4H3,(H2,8,9);2*5-6H,1-4H3,(H,8,9);3-5H,1-2H3,(H,7,8);4H,3H2,1-2H3;3*3H,1-2H3,(H,5,6,7,8);2*3H,1-2H3,(H2,5,6)/b;;8-5-;;;;;;;;;;;. The Morgan fingerprint density at radius 2 is 0.812 bits per heavy atom. The number of aliphatic imine (C=N–C) groups is 2. The van der Waals surface area contributed by atoms with Crippen LogP contribution in [-0.2, 0) is 19.2 Å². The maximum atomic E-state index is 10.8. The van der Waals surface area contributed by atoms with Gasteiger partial charge in [0, 0.05) is 113 Å². The Labute approximate surface area is 707 Å². The van der Waals surface area contributed by atoms with Crippen LogP contribution in [0.2, 0.25) is 0 Å². The zero-order valence-electron chi connectivity index (χ0n) is 80.9. The Morgan fingerprint density at radius 3 is 0.923 bits per heavy atom. The largest absolute Gasteiger partial charge is 0.512 e. The number of aromatic amines is 5. The van der Waals surface area contributed by atoms with Crippen LogP contribution in [0.25, 0.3) is 0 Å². The summed E-state index contributed by atoms with van der Waals surface area (Å²) in [5.74, 6) is 11.1. The molecule has 1 aliphatic heterocycles. The molecule has 5 aromatic rings. The number of imidazole rings is 2. The number of aliphatic hydroxyl groups is 2. The molecular formula is C84H173N27O6. The van der Waals surface area contributed by atoms with Gasteiger partial charge in [0.05, 0.1) is 35.6 Å². The van der Waals surface area contributed by atoms with Crippen molar-refractivity contribution < 1.29 is 29.4 Å². The van der Waals surface area contributed by atoms with Gasteiger partial charge < -0.3 is 53.7 Å². The van der Waals surface area contributed by atoms with Gasteiger partial charge >= 0.3 is 0 Å². The Hall–Kier alpha value is -8.78. The molecule has 6 heterocycles. The zero-order valence-corrected chi connectivity index (χ0v) is 80.9. The van der Waals surface area contributed by atoms with Gasteiger partial charge in [-0.3, -0.25) is 29.2 Å². The second-order valence-electron chi connectivity index (χ2n) is 34.4. The number of H-pyrrole nitrogens is 5. The van der Waals surface area contributed by atoms with E-state index >= 15 is 0 Å². The molecule has 117 heavy (non-hydrogen) atoms. The van der Waals surface area contributed by atoms with Crippen LogP contribution in [0.5, 0.6) is 0 Å². The first-order valence-corrected chi connectivity index (χ1v) is 41.7. The number of amides is 4. The van der Waals surface area contributed by atoms with E-state index in [0.717, 1.165) is 47.1 Å². The molecule has 0 aliphatic carbocycles. The van der Waals surface area contributed by atoms with Crippen LogP contribution in [0, 0.1) is 65.1 Å². The molecule has 0 aromatic carbocycles. The summed E-state index contributed by atoms with van der Waals surface area (Å²) in [5, 5.41) is 75.1. The highest BCUT2D eigenvalue weighted by molar-refractivity contribution is 5.88. The lowest BCUT2D eigenvalue weighted by Gasteiger charge is -2.15. The molecule has 0 bridgehead atoms. The molecule has 0 saturated carbocycles. The number of carbonyl (C=O) groups is 4. The minimum atomic E-state index is -0.241. The number of nitrogens with one attached hydrogen (secondary N) is 7. The Balaban J connectivity index is -0.000000183. The van der Waals surface area contributed by atoms with Crippen LogP contribution in [0.1, 0.15) is 367 Å². The summed E-state index contributed by atoms with van der Waals surface area (Å²) in [5.41, 5.74) is 24.2. The quantitative estimate of drug-likeness (QED) is 0.0174. The third kappa shape index (κ3) is 83.5. The van der Waals surface area contributed by atoms with Crippen molar-refractivity contribution in [2.24, 2.45) is 113 Å². The third-order valence-electron chi connectivity index (χ3n) is 14.3. The number of primary amides is 2. The van der Waals surface area contributed by atoms with E-state index in [1.54, 1.807) is 34.0 Å². The second kappa shape index (κ2) is 73.6. The number of carbonyl (C=O) groups excluding carboxylic acids is 4.